The summed E-state index contributed by atoms with van der Waals surface area (Å²) in [4.78, 5) is 49.9. The summed E-state index contributed by atoms with van der Waals surface area (Å²) in [5, 5.41) is 0.577. The third kappa shape index (κ3) is 5.29. The molecular weight excluding hydrogens is 518 g/mol. The zero-order valence-corrected chi connectivity index (χ0v) is 24.6. The minimum Gasteiger partial charge on any atom is -0.461 e. The average Bonchev–Trinajstić information content (AvgIpc) is 3.33. The van der Waals surface area contributed by atoms with Crippen LogP contribution in [0.4, 0.5) is 11.4 Å². The number of nitrogens with zero attached hydrogens (tertiary/aromatic N) is 5. The Morgan fingerprint density at radius 1 is 0.976 bits per heavy atom. The third-order valence-electron chi connectivity index (χ3n) is 7.96. The number of benzene rings is 1. The summed E-state index contributed by atoms with van der Waals surface area (Å²) in [7, 11) is 1.73. The number of anilines is 2. The molecule has 1 aliphatic rings. The lowest BCUT2D eigenvalue weighted by atomic mass is 9.90. The van der Waals surface area contributed by atoms with E-state index in [0.717, 1.165) is 22.5 Å². The number of rotatable bonds is 8. The van der Waals surface area contributed by atoms with E-state index in [1.165, 1.54) is 0 Å². The van der Waals surface area contributed by atoms with Crippen molar-refractivity contribution in [3.8, 4) is 0 Å². The van der Waals surface area contributed by atoms with Crippen molar-refractivity contribution in [3.05, 3.63) is 87.8 Å². The molecule has 0 N–H and O–H groups in total. The summed E-state index contributed by atoms with van der Waals surface area (Å²) in [5.74, 6) is 0.272. The van der Waals surface area contributed by atoms with Gasteiger partial charge in [-0.2, -0.15) is 0 Å². The highest BCUT2D eigenvalue weighted by Gasteiger charge is 2.45. The first kappa shape index (κ1) is 28.3. The first-order valence-electron chi connectivity index (χ1n) is 14.0. The van der Waals surface area contributed by atoms with Crippen molar-refractivity contribution in [2.45, 2.75) is 54.3 Å². The van der Waals surface area contributed by atoms with Gasteiger partial charge in [-0.1, -0.05) is 12.1 Å². The number of amides is 2. The van der Waals surface area contributed by atoms with Crippen LogP contribution in [0.5, 0.6) is 0 Å². The van der Waals surface area contributed by atoms with Crippen molar-refractivity contribution in [1.82, 2.24) is 14.5 Å². The molecule has 0 bridgehead atoms. The fourth-order valence-electron chi connectivity index (χ4n) is 5.54. The van der Waals surface area contributed by atoms with Crippen LogP contribution in [0.1, 0.15) is 43.4 Å². The molecule has 0 spiro atoms. The maximum Gasteiger partial charge on any atom is 0.261 e. The van der Waals surface area contributed by atoms with Gasteiger partial charge in [-0.25, -0.2) is 0 Å². The summed E-state index contributed by atoms with van der Waals surface area (Å²) < 4.78 is 7.34. The quantitative estimate of drug-likeness (QED) is 0.294. The molecule has 9 nitrogen and oxygen atoms in total. The van der Waals surface area contributed by atoms with Crippen LogP contribution >= 0.6 is 0 Å². The molecule has 1 aliphatic heterocycles. The Morgan fingerprint density at radius 3 is 2.49 bits per heavy atom. The molecule has 5 rings (SSSR count). The van der Waals surface area contributed by atoms with E-state index in [4.69, 9.17) is 4.42 Å². The zero-order chi connectivity index (χ0) is 29.5. The lowest BCUT2D eigenvalue weighted by Gasteiger charge is -2.27. The zero-order valence-electron chi connectivity index (χ0n) is 24.6. The van der Waals surface area contributed by atoms with E-state index in [1.807, 2.05) is 57.2 Å². The molecule has 0 aliphatic carbocycles. The molecule has 2 amide bonds. The highest BCUT2D eigenvalue weighted by Crippen LogP contribution is 2.39. The van der Waals surface area contributed by atoms with Gasteiger partial charge in [0.2, 0.25) is 11.8 Å². The smallest absolute Gasteiger partial charge is 0.261 e. The van der Waals surface area contributed by atoms with E-state index in [-0.39, 0.29) is 17.4 Å². The van der Waals surface area contributed by atoms with Gasteiger partial charge in [0, 0.05) is 52.2 Å². The largest absolute Gasteiger partial charge is 0.461 e. The van der Waals surface area contributed by atoms with Crippen LogP contribution in [-0.4, -0.2) is 46.4 Å². The van der Waals surface area contributed by atoms with Crippen LogP contribution in [0, 0.1) is 19.3 Å². The summed E-state index contributed by atoms with van der Waals surface area (Å²) in [5.41, 5.74) is 3.84. The van der Waals surface area contributed by atoms with Crippen molar-refractivity contribution in [3.63, 3.8) is 0 Å². The summed E-state index contributed by atoms with van der Waals surface area (Å²) in [6.45, 7) is 11.9. The number of aromatic nitrogens is 2. The highest BCUT2D eigenvalue weighted by molar-refractivity contribution is 6.19. The van der Waals surface area contributed by atoms with Crippen LogP contribution in [0.3, 0.4) is 0 Å². The average molecular weight is 556 g/mol. The minimum absolute atomic E-state index is 0.0783. The maximum atomic E-state index is 13.3. The van der Waals surface area contributed by atoms with Crippen LogP contribution in [0.25, 0.3) is 11.0 Å². The lowest BCUT2D eigenvalue weighted by molar-refractivity contribution is -0.137. The molecule has 0 saturated heterocycles. The van der Waals surface area contributed by atoms with Crippen molar-refractivity contribution >= 4 is 34.2 Å². The fraction of sp³-hybridized carbons (Fsp3) is 0.375. The predicted molar refractivity (Wildman–Crippen MR) is 160 cm³/mol. The number of carbonyl (C=O) groups is 2. The first-order chi connectivity index (χ1) is 19.5. The third-order valence-corrected chi connectivity index (χ3v) is 7.96. The van der Waals surface area contributed by atoms with Crippen molar-refractivity contribution < 1.29 is 14.0 Å². The summed E-state index contributed by atoms with van der Waals surface area (Å²) >= 11 is 0. The van der Waals surface area contributed by atoms with Crippen LogP contribution in [0.2, 0.25) is 0 Å². The predicted octanol–water partition coefficient (Wildman–Crippen LogP) is 4.66. The Kier molecular flexibility index (Phi) is 7.57. The van der Waals surface area contributed by atoms with Gasteiger partial charge in [0.05, 0.1) is 22.5 Å². The molecule has 9 heteroatoms. The van der Waals surface area contributed by atoms with Crippen LogP contribution < -0.4 is 15.4 Å². The molecule has 0 radical (unpaired) electrons. The molecule has 3 aromatic heterocycles. The standard InChI is InChI=1S/C32H37N5O4/c1-7-37-26-11-10-23(18-27(26)34(6)30(39)32(4,5)31(37)40)19-35(20-25-21(2)9-8-13-33-25)15-16-36-14-12-28-24(29(36)38)17-22(3)41-28/h8-14,17-18H,7,15-16,19-20H2,1-6H3. The van der Waals surface area contributed by atoms with Gasteiger partial charge in [0.1, 0.15) is 16.8 Å². The molecular formula is C32H37N5O4. The van der Waals surface area contributed by atoms with E-state index in [2.05, 4.69) is 9.88 Å². The lowest BCUT2D eigenvalue weighted by Crippen LogP contribution is -2.47. The molecule has 1 aromatic carbocycles. The van der Waals surface area contributed by atoms with Gasteiger partial charge >= 0.3 is 0 Å². The first-order valence-corrected chi connectivity index (χ1v) is 14.0. The van der Waals surface area contributed by atoms with Gasteiger partial charge in [-0.15, -0.1) is 0 Å². The second-order valence-electron chi connectivity index (χ2n) is 11.3. The highest BCUT2D eigenvalue weighted by atomic mass is 16.3. The molecule has 0 unspecified atom stereocenters. The van der Waals surface area contributed by atoms with Crippen LogP contribution in [0.15, 0.2) is 64.1 Å². The second kappa shape index (κ2) is 11.0. The van der Waals surface area contributed by atoms with Gasteiger partial charge in [0.15, 0.2) is 0 Å². The second-order valence-corrected chi connectivity index (χ2v) is 11.3. The van der Waals surface area contributed by atoms with E-state index in [0.29, 0.717) is 55.1 Å². The molecule has 4 aromatic rings. The number of hydrogen-bond acceptors (Lipinski definition) is 6. The van der Waals surface area contributed by atoms with Crippen LogP contribution in [-0.2, 0) is 29.2 Å². The van der Waals surface area contributed by atoms with Crippen molar-refractivity contribution in [1.29, 1.82) is 0 Å². The molecule has 0 fully saturated rings. The van der Waals surface area contributed by atoms with Crippen molar-refractivity contribution in [2.24, 2.45) is 5.41 Å². The van der Waals surface area contributed by atoms with E-state index in [1.54, 1.807) is 53.7 Å². The van der Waals surface area contributed by atoms with Gasteiger partial charge in [-0.05, 0) is 76.1 Å². The summed E-state index contributed by atoms with van der Waals surface area (Å²) in [6, 6.07) is 13.5. The Morgan fingerprint density at radius 2 is 1.76 bits per heavy atom. The number of hydrogen-bond donors (Lipinski definition) is 0. The number of furan rings is 1. The van der Waals surface area contributed by atoms with E-state index < -0.39 is 5.41 Å². The van der Waals surface area contributed by atoms with Gasteiger partial charge in [-0.3, -0.25) is 24.3 Å². The Labute approximate surface area is 240 Å². The maximum absolute atomic E-state index is 13.3. The molecule has 214 valence electrons. The van der Waals surface area contributed by atoms with Crippen molar-refractivity contribution in [2.75, 3.05) is 29.9 Å². The van der Waals surface area contributed by atoms with E-state index in [9.17, 15) is 14.4 Å². The SMILES string of the molecule is CCN1C(=O)C(C)(C)C(=O)N(C)c2cc(CN(CCn3ccc4oc(C)cc4c3=O)Cc3ncccc3C)ccc21. The normalized spacial score (nSPS) is 15.1. The number of pyridine rings is 2. The monoisotopic (exact) mass is 555 g/mol. The van der Waals surface area contributed by atoms with E-state index >= 15 is 0 Å². The van der Waals surface area contributed by atoms with Gasteiger partial charge in [0.25, 0.3) is 5.56 Å². The van der Waals surface area contributed by atoms with Gasteiger partial charge < -0.3 is 18.8 Å². The molecule has 0 atom stereocenters. The Hall–Kier alpha value is -4.24. The summed E-state index contributed by atoms with van der Waals surface area (Å²) in [6.07, 6.45) is 3.57. The topological polar surface area (TPSA) is 91.9 Å². The molecule has 0 saturated carbocycles. The minimum atomic E-state index is -1.16. The number of aryl methyl sites for hydroxylation is 2. The molecule has 41 heavy (non-hydrogen) atoms. The number of carbonyl (C=O) groups excluding carboxylic acids is 2. The fourth-order valence-corrected chi connectivity index (χ4v) is 5.54. The Balaban J connectivity index is 1.46. The number of fused-ring (bicyclic) bond motifs is 2. The molecule has 4 heterocycles. The Bertz CT molecular complexity index is 1690.